The van der Waals surface area contributed by atoms with Crippen molar-refractivity contribution in [2.75, 3.05) is 26.1 Å². The Morgan fingerprint density at radius 1 is 1.25 bits per heavy atom. The van der Waals surface area contributed by atoms with Crippen molar-refractivity contribution in [3.8, 4) is 0 Å². The third-order valence-corrected chi connectivity index (χ3v) is 3.78. The third-order valence-electron chi connectivity index (χ3n) is 3.16. The second-order valence-corrected chi connectivity index (χ2v) is 6.16. The van der Waals surface area contributed by atoms with Gasteiger partial charge in [-0.15, -0.1) is 0 Å². The van der Waals surface area contributed by atoms with Crippen LogP contribution < -0.4 is 0 Å². The van der Waals surface area contributed by atoms with Crippen LogP contribution >= 0.6 is 0 Å². The average Bonchev–Trinajstić information content (AvgIpc) is 2.16. The van der Waals surface area contributed by atoms with Gasteiger partial charge in [0.25, 0.3) is 10.1 Å². The van der Waals surface area contributed by atoms with Crippen molar-refractivity contribution < 1.29 is 22.1 Å². The third kappa shape index (κ3) is 3.16. The Bertz CT molecular complexity index is 326. The molecule has 0 saturated carbocycles. The lowest BCUT2D eigenvalue weighted by atomic mass is 9.85. The highest BCUT2D eigenvalue weighted by Gasteiger charge is 2.40. The van der Waals surface area contributed by atoms with Crippen molar-refractivity contribution in [2.24, 2.45) is 0 Å². The van der Waals surface area contributed by atoms with E-state index in [1.54, 1.807) is 0 Å². The molecule has 6 heteroatoms. The molecule has 2 aliphatic heterocycles. The normalized spacial score (nSPS) is 30.4. The fraction of sp³-hybridized carbons (Fsp3) is 1.00. The summed E-state index contributed by atoms with van der Waals surface area (Å²) in [6.07, 6.45) is 3.83. The number of hydrogen-bond donors (Lipinski definition) is 0. The van der Waals surface area contributed by atoms with Crippen LogP contribution in [0.25, 0.3) is 0 Å². The van der Waals surface area contributed by atoms with E-state index in [1.807, 2.05) is 0 Å². The summed E-state index contributed by atoms with van der Waals surface area (Å²) in [5.41, 5.74) is -0.216. The molecule has 5 nitrogen and oxygen atoms in total. The molecule has 0 aromatic heterocycles. The molecule has 16 heavy (non-hydrogen) atoms. The predicted molar refractivity (Wildman–Crippen MR) is 57.7 cm³/mol. The van der Waals surface area contributed by atoms with Gasteiger partial charge in [0, 0.05) is 26.2 Å². The van der Waals surface area contributed by atoms with Crippen molar-refractivity contribution >= 4 is 10.1 Å². The lowest BCUT2D eigenvalue weighted by Crippen LogP contribution is -2.46. The maximum absolute atomic E-state index is 11.1. The number of ether oxygens (including phenoxy) is 2. The molecule has 0 unspecified atom stereocenters. The zero-order chi connectivity index (χ0) is 11.6. The van der Waals surface area contributed by atoms with E-state index < -0.39 is 10.1 Å². The van der Waals surface area contributed by atoms with Gasteiger partial charge in [0.15, 0.2) is 0 Å². The standard InChI is InChI=1S/C10H18O5S/c1-16(11,12)15-9-2-5-14-10(8-9)3-6-13-7-4-10/h9H,2-8H2,1H3/t9-/m1/s1. The summed E-state index contributed by atoms with van der Waals surface area (Å²) in [7, 11) is -3.37. The van der Waals surface area contributed by atoms with Gasteiger partial charge in [0.1, 0.15) is 0 Å². The summed E-state index contributed by atoms with van der Waals surface area (Å²) < 4.78 is 38.3. The van der Waals surface area contributed by atoms with Crippen LogP contribution in [0, 0.1) is 0 Å². The first-order valence-corrected chi connectivity index (χ1v) is 7.41. The molecule has 2 fully saturated rings. The van der Waals surface area contributed by atoms with Gasteiger partial charge in [0.2, 0.25) is 0 Å². The minimum Gasteiger partial charge on any atom is -0.381 e. The van der Waals surface area contributed by atoms with Gasteiger partial charge in [-0.3, -0.25) is 4.18 Å². The van der Waals surface area contributed by atoms with Crippen molar-refractivity contribution in [1.82, 2.24) is 0 Å². The summed E-state index contributed by atoms with van der Waals surface area (Å²) in [6.45, 7) is 1.94. The molecule has 2 heterocycles. The molecule has 0 aromatic carbocycles. The van der Waals surface area contributed by atoms with Crippen molar-refractivity contribution in [3.63, 3.8) is 0 Å². The molecule has 1 spiro atoms. The second kappa shape index (κ2) is 4.60. The Hall–Kier alpha value is -0.170. The fourth-order valence-electron chi connectivity index (χ4n) is 2.40. The van der Waals surface area contributed by atoms with Crippen molar-refractivity contribution in [1.29, 1.82) is 0 Å². The maximum atomic E-state index is 11.1. The van der Waals surface area contributed by atoms with E-state index in [2.05, 4.69) is 0 Å². The summed E-state index contributed by atoms with van der Waals surface area (Å²) in [4.78, 5) is 0. The molecule has 0 bridgehead atoms. The number of hydrogen-bond acceptors (Lipinski definition) is 5. The van der Waals surface area contributed by atoms with Gasteiger partial charge in [0.05, 0.1) is 18.0 Å². The molecule has 2 aliphatic rings. The Morgan fingerprint density at radius 3 is 2.56 bits per heavy atom. The monoisotopic (exact) mass is 250 g/mol. The van der Waals surface area contributed by atoms with Gasteiger partial charge < -0.3 is 9.47 Å². The van der Waals surface area contributed by atoms with E-state index in [0.717, 1.165) is 19.1 Å². The molecular formula is C10H18O5S. The quantitative estimate of drug-likeness (QED) is 0.675. The Labute approximate surface area is 96.2 Å². The molecule has 0 aliphatic carbocycles. The van der Waals surface area contributed by atoms with E-state index in [-0.39, 0.29) is 11.7 Å². The smallest absolute Gasteiger partial charge is 0.264 e. The fourth-order valence-corrected chi connectivity index (χ4v) is 3.06. The average molecular weight is 250 g/mol. The van der Waals surface area contributed by atoms with Gasteiger partial charge >= 0.3 is 0 Å². The molecule has 94 valence electrons. The van der Waals surface area contributed by atoms with E-state index >= 15 is 0 Å². The van der Waals surface area contributed by atoms with Gasteiger partial charge in [-0.2, -0.15) is 8.42 Å². The molecule has 1 atom stereocenters. The van der Waals surface area contributed by atoms with Crippen molar-refractivity contribution in [3.05, 3.63) is 0 Å². The van der Waals surface area contributed by atoms with Gasteiger partial charge in [-0.05, 0) is 19.3 Å². The van der Waals surface area contributed by atoms with Crippen LogP contribution in [0.2, 0.25) is 0 Å². The first-order chi connectivity index (χ1) is 7.49. The summed E-state index contributed by atoms with van der Waals surface area (Å²) in [5.74, 6) is 0. The van der Waals surface area contributed by atoms with E-state index in [4.69, 9.17) is 13.7 Å². The Morgan fingerprint density at radius 2 is 1.94 bits per heavy atom. The summed E-state index contributed by atoms with van der Waals surface area (Å²) >= 11 is 0. The lowest BCUT2D eigenvalue weighted by Gasteiger charge is -2.42. The van der Waals surface area contributed by atoms with Crippen LogP contribution in [0.15, 0.2) is 0 Å². The van der Waals surface area contributed by atoms with Crippen LogP contribution in [0.5, 0.6) is 0 Å². The van der Waals surface area contributed by atoms with E-state index in [9.17, 15) is 8.42 Å². The minimum atomic E-state index is -3.37. The maximum Gasteiger partial charge on any atom is 0.264 e. The second-order valence-electron chi connectivity index (χ2n) is 4.56. The van der Waals surface area contributed by atoms with E-state index in [1.165, 1.54) is 0 Å². The molecule has 0 aromatic rings. The predicted octanol–water partition coefficient (Wildman–Crippen LogP) is 0.691. The highest BCUT2D eigenvalue weighted by molar-refractivity contribution is 7.86. The van der Waals surface area contributed by atoms with Crippen LogP contribution in [-0.2, 0) is 23.8 Å². The van der Waals surface area contributed by atoms with Crippen molar-refractivity contribution in [2.45, 2.75) is 37.4 Å². The number of rotatable bonds is 2. The minimum absolute atomic E-state index is 0.216. The van der Waals surface area contributed by atoms with E-state index in [0.29, 0.717) is 32.7 Å². The van der Waals surface area contributed by atoms with Crippen LogP contribution in [-0.4, -0.2) is 46.2 Å². The largest absolute Gasteiger partial charge is 0.381 e. The molecule has 0 radical (unpaired) electrons. The Kier molecular flexibility index (Phi) is 3.53. The molecular weight excluding hydrogens is 232 g/mol. The summed E-state index contributed by atoms with van der Waals surface area (Å²) in [5, 5.41) is 0. The Balaban J connectivity index is 1.98. The molecule has 2 rings (SSSR count). The van der Waals surface area contributed by atoms with Crippen LogP contribution in [0.1, 0.15) is 25.7 Å². The lowest BCUT2D eigenvalue weighted by molar-refractivity contribution is -0.154. The molecule has 0 N–H and O–H groups in total. The van der Waals surface area contributed by atoms with Gasteiger partial charge in [-0.25, -0.2) is 0 Å². The van der Waals surface area contributed by atoms with Crippen LogP contribution in [0.3, 0.4) is 0 Å². The van der Waals surface area contributed by atoms with Crippen LogP contribution in [0.4, 0.5) is 0 Å². The first-order valence-electron chi connectivity index (χ1n) is 5.59. The molecule has 0 amide bonds. The molecule has 2 saturated heterocycles. The topological polar surface area (TPSA) is 61.8 Å². The first kappa shape index (κ1) is 12.3. The zero-order valence-electron chi connectivity index (χ0n) is 9.48. The SMILES string of the molecule is CS(=O)(=O)O[C@@H]1CCOC2(CCOCC2)C1. The highest BCUT2D eigenvalue weighted by Crippen LogP contribution is 2.35. The van der Waals surface area contributed by atoms with Gasteiger partial charge in [-0.1, -0.05) is 0 Å². The zero-order valence-corrected chi connectivity index (χ0v) is 10.3. The summed E-state index contributed by atoms with van der Waals surface area (Å²) in [6, 6.07) is 0. The highest BCUT2D eigenvalue weighted by atomic mass is 32.2.